The second-order valence-electron chi connectivity index (χ2n) is 6.85. The molecule has 2 fully saturated rings. The Labute approximate surface area is 135 Å². The number of carbonyl (C=O) groups excluding carboxylic acids is 2. The summed E-state index contributed by atoms with van der Waals surface area (Å²) in [5, 5.41) is 1.20. The van der Waals surface area contributed by atoms with E-state index in [2.05, 4.69) is 24.0 Å². The minimum atomic E-state index is -0.0414. The molecule has 2 heterocycles. The number of H-pyrrole nitrogens is 1. The number of aryl methyl sites for hydroxylation is 1. The van der Waals surface area contributed by atoms with E-state index in [1.54, 1.807) is 0 Å². The average Bonchev–Trinajstić information content (AvgIpc) is 3.01. The molecule has 1 N–H and O–H groups in total. The van der Waals surface area contributed by atoms with Crippen molar-refractivity contribution < 1.29 is 9.59 Å². The van der Waals surface area contributed by atoms with Crippen LogP contribution < -0.4 is 0 Å². The zero-order valence-corrected chi connectivity index (χ0v) is 13.5. The molecule has 0 spiro atoms. The van der Waals surface area contributed by atoms with E-state index in [4.69, 9.17) is 0 Å². The summed E-state index contributed by atoms with van der Waals surface area (Å²) in [4.78, 5) is 30.0. The second-order valence-corrected chi connectivity index (χ2v) is 6.85. The highest BCUT2D eigenvalue weighted by Crippen LogP contribution is 2.38. The topological polar surface area (TPSA) is 53.2 Å². The highest BCUT2D eigenvalue weighted by molar-refractivity contribution is 6.05. The summed E-state index contributed by atoms with van der Waals surface area (Å²) < 4.78 is 0. The van der Waals surface area contributed by atoms with Gasteiger partial charge in [0, 0.05) is 23.1 Å². The van der Waals surface area contributed by atoms with Gasteiger partial charge in [0.1, 0.15) is 0 Å². The van der Waals surface area contributed by atoms with Crippen LogP contribution in [0.5, 0.6) is 0 Å². The minimum absolute atomic E-state index is 0.0414. The molecule has 120 valence electrons. The standard InChI is InChI=1S/C19H22N2O2/c1-12-13(14-6-4-5-9-17(14)20-12)10-11-21-18(22)15-7-2-3-8-16(15)19(21)23/h4-6,9,15-16,20H,2-3,7-8,10-11H2,1H3/t15-,16+. The lowest BCUT2D eigenvalue weighted by Gasteiger charge is -2.19. The van der Waals surface area contributed by atoms with Crippen LogP contribution in [0.4, 0.5) is 0 Å². The molecule has 0 unspecified atom stereocenters. The third kappa shape index (κ3) is 2.28. The van der Waals surface area contributed by atoms with Gasteiger partial charge in [-0.25, -0.2) is 0 Å². The Balaban J connectivity index is 1.55. The molecular formula is C19H22N2O2. The quantitative estimate of drug-likeness (QED) is 0.885. The first kappa shape index (κ1) is 14.5. The number of rotatable bonds is 3. The van der Waals surface area contributed by atoms with Gasteiger partial charge >= 0.3 is 0 Å². The van der Waals surface area contributed by atoms with E-state index in [-0.39, 0.29) is 23.7 Å². The summed E-state index contributed by atoms with van der Waals surface area (Å²) in [5.74, 6) is 0.0509. The lowest BCUT2D eigenvalue weighted by atomic mass is 9.81. The number of fused-ring (bicyclic) bond motifs is 2. The molecule has 4 rings (SSSR count). The monoisotopic (exact) mass is 310 g/mol. The Kier molecular flexibility index (Phi) is 3.47. The van der Waals surface area contributed by atoms with E-state index >= 15 is 0 Å². The molecule has 1 saturated carbocycles. The van der Waals surface area contributed by atoms with Gasteiger partial charge in [0.05, 0.1) is 11.8 Å². The maximum absolute atomic E-state index is 12.6. The fourth-order valence-corrected chi connectivity index (χ4v) is 4.33. The number of imide groups is 1. The summed E-state index contributed by atoms with van der Waals surface area (Å²) in [6, 6.07) is 8.20. The smallest absolute Gasteiger partial charge is 0.233 e. The number of aromatic nitrogens is 1. The first-order chi connectivity index (χ1) is 11.2. The Morgan fingerprint density at radius 2 is 1.74 bits per heavy atom. The van der Waals surface area contributed by atoms with Crippen molar-refractivity contribution in [3.05, 3.63) is 35.5 Å². The first-order valence-electron chi connectivity index (χ1n) is 8.58. The molecular weight excluding hydrogens is 288 g/mol. The van der Waals surface area contributed by atoms with Crippen molar-refractivity contribution in [1.82, 2.24) is 9.88 Å². The highest BCUT2D eigenvalue weighted by atomic mass is 16.2. The second kappa shape index (κ2) is 5.52. The molecule has 1 aromatic heterocycles. The number of amides is 2. The maximum Gasteiger partial charge on any atom is 0.233 e. The molecule has 1 aliphatic heterocycles. The third-order valence-corrected chi connectivity index (χ3v) is 5.54. The number of likely N-dealkylation sites (tertiary alicyclic amines) is 1. The third-order valence-electron chi connectivity index (χ3n) is 5.54. The maximum atomic E-state index is 12.6. The van der Waals surface area contributed by atoms with E-state index < -0.39 is 0 Å². The van der Waals surface area contributed by atoms with Gasteiger partial charge in [0.15, 0.2) is 0 Å². The summed E-state index contributed by atoms with van der Waals surface area (Å²) in [7, 11) is 0. The summed E-state index contributed by atoms with van der Waals surface area (Å²) >= 11 is 0. The molecule has 4 heteroatoms. The molecule has 1 aliphatic carbocycles. The Hall–Kier alpha value is -2.10. The van der Waals surface area contributed by atoms with Crippen molar-refractivity contribution in [3.8, 4) is 0 Å². The Bertz CT molecular complexity index is 753. The predicted octanol–water partition coefficient (Wildman–Crippen LogP) is 3.19. The van der Waals surface area contributed by atoms with E-state index in [0.717, 1.165) is 43.3 Å². The molecule has 23 heavy (non-hydrogen) atoms. The lowest BCUT2D eigenvalue weighted by molar-refractivity contribution is -0.139. The zero-order chi connectivity index (χ0) is 16.0. The van der Waals surface area contributed by atoms with Crippen LogP contribution >= 0.6 is 0 Å². The van der Waals surface area contributed by atoms with Gasteiger partial charge in [-0.15, -0.1) is 0 Å². The van der Waals surface area contributed by atoms with Crippen LogP contribution in [0.3, 0.4) is 0 Å². The Morgan fingerprint density at radius 3 is 2.43 bits per heavy atom. The van der Waals surface area contributed by atoms with Crippen molar-refractivity contribution in [2.75, 3.05) is 6.54 Å². The van der Waals surface area contributed by atoms with Crippen LogP contribution in [0.2, 0.25) is 0 Å². The number of benzene rings is 1. The number of aromatic amines is 1. The van der Waals surface area contributed by atoms with Crippen LogP contribution in [0.1, 0.15) is 36.9 Å². The van der Waals surface area contributed by atoms with Gasteiger partial charge in [0.2, 0.25) is 11.8 Å². The number of para-hydroxylation sites is 1. The summed E-state index contributed by atoms with van der Waals surface area (Å²) in [6.45, 7) is 2.57. The summed E-state index contributed by atoms with van der Waals surface area (Å²) in [5.41, 5.74) is 3.46. The predicted molar refractivity (Wildman–Crippen MR) is 88.9 cm³/mol. The lowest BCUT2D eigenvalue weighted by Crippen LogP contribution is -2.33. The van der Waals surface area contributed by atoms with Gasteiger partial charge in [-0.05, 0) is 37.8 Å². The Morgan fingerprint density at radius 1 is 1.09 bits per heavy atom. The molecule has 0 radical (unpaired) electrons. The van der Waals surface area contributed by atoms with E-state index in [9.17, 15) is 9.59 Å². The van der Waals surface area contributed by atoms with Crippen molar-refractivity contribution in [1.29, 1.82) is 0 Å². The van der Waals surface area contributed by atoms with E-state index in [1.807, 2.05) is 12.1 Å². The largest absolute Gasteiger partial charge is 0.358 e. The fraction of sp³-hybridized carbons (Fsp3) is 0.474. The molecule has 4 nitrogen and oxygen atoms in total. The molecule has 2 atom stereocenters. The van der Waals surface area contributed by atoms with Crippen LogP contribution in [0, 0.1) is 18.8 Å². The van der Waals surface area contributed by atoms with E-state index in [1.165, 1.54) is 15.8 Å². The average molecular weight is 310 g/mol. The number of hydrogen-bond acceptors (Lipinski definition) is 2. The van der Waals surface area contributed by atoms with Crippen LogP contribution in [0.15, 0.2) is 24.3 Å². The molecule has 1 saturated heterocycles. The molecule has 0 bridgehead atoms. The first-order valence-corrected chi connectivity index (χ1v) is 8.58. The van der Waals surface area contributed by atoms with E-state index in [0.29, 0.717) is 6.54 Å². The number of hydrogen-bond donors (Lipinski definition) is 1. The molecule has 2 amide bonds. The zero-order valence-electron chi connectivity index (χ0n) is 13.5. The highest BCUT2D eigenvalue weighted by Gasteiger charge is 2.47. The number of nitrogens with zero attached hydrogens (tertiary/aromatic N) is 1. The van der Waals surface area contributed by atoms with Gasteiger partial charge in [-0.1, -0.05) is 31.0 Å². The van der Waals surface area contributed by atoms with Crippen molar-refractivity contribution in [2.45, 2.75) is 39.0 Å². The SMILES string of the molecule is Cc1[nH]c2ccccc2c1CCN1C(=O)[C@H]2CCCC[C@H]2C1=O. The van der Waals surface area contributed by atoms with Crippen molar-refractivity contribution in [2.24, 2.45) is 11.8 Å². The van der Waals surface area contributed by atoms with Crippen LogP contribution in [-0.2, 0) is 16.0 Å². The molecule has 2 aromatic rings. The number of carbonyl (C=O) groups is 2. The van der Waals surface area contributed by atoms with Crippen molar-refractivity contribution in [3.63, 3.8) is 0 Å². The molecule has 1 aromatic carbocycles. The molecule has 2 aliphatic rings. The minimum Gasteiger partial charge on any atom is -0.358 e. The van der Waals surface area contributed by atoms with Gasteiger partial charge in [-0.2, -0.15) is 0 Å². The fourth-order valence-electron chi connectivity index (χ4n) is 4.33. The summed E-state index contributed by atoms with van der Waals surface area (Å²) in [6.07, 6.45) is 4.66. The number of nitrogens with one attached hydrogen (secondary N) is 1. The van der Waals surface area contributed by atoms with Crippen LogP contribution in [-0.4, -0.2) is 28.2 Å². The van der Waals surface area contributed by atoms with Crippen molar-refractivity contribution >= 4 is 22.7 Å². The van der Waals surface area contributed by atoms with Gasteiger partial charge in [0.25, 0.3) is 0 Å². The van der Waals surface area contributed by atoms with Gasteiger partial charge < -0.3 is 4.98 Å². The normalized spacial score (nSPS) is 24.5. The van der Waals surface area contributed by atoms with Gasteiger partial charge in [-0.3, -0.25) is 14.5 Å². The van der Waals surface area contributed by atoms with Crippen LogP contribution in [0.25, 0.3) is 10.9 Å².